The summed E-state index contributed by atoms with van der Waals surface area (Å²) in [6, 6.07) is 18.2. The quantitative estimate of drug-likeness (QED) is 0.529. The summed E-state index contributed by atoms with van der Waals surface area (Å²) in [5.74, 6) is 1.32. The van der Waals surface area contributed by atoms with Gasteiger partial charge in [0.25, 0.3) is 0 Å². The number of piperidine rings is 1. The fourth-order valence-corrected chi connectivity index (χ4v) is 8.49. The molecule has 3 heterocycles. The van der Waals surface area contributed by atoms with Crippen molar-refractivity contribution in [3.63, 3.8) is 0 Å². The zero-order chi connectivity index (χ0) is 26.0. The minimum absolute atomic E-state index is 0. The van der Waals surface area contributed by atoms with Crippen LogP contribution in [0.25, 0.3) is 0 Å². The van der Waals surface area contributed by atoms with Gasteiger partial charge < -0.3 is 15.0 Å². The molecule has 0 aromatic heterocycles. The molecule has 0 saturated carbocycles. The van der Waals surface area contributed by atoms with Gasteiger partial charge in [-0.2, -0.15) is 0 Å². The van der Waals surface area contributed by atoms with E-state index in [-0.39, 0.29) is 41.3 Å². The summed E-state index contributed by atoms with van der Waals surface area (Å²) < 4.78 is 32.2. The van der Waals surface area contributed by atoms with Crippen LogP contribution in [-0.2, 0) is 21.2 Å². The number of benzene rings is 2. The fourth-order valence-electron chi connectivity index (χ4n) is 6.66. The highest BCUT2D eigenvalue weighted by Crippen LogP contribution is 2.44. The molecule has 9 heteroatoms. The monoisotopic (exact) mass is 561 g/mol. The molecule has 0 aliphatic carbocycles. The standard InChI is InChI=1S/C29H39N3O4S.ClH/c1-3-37(34,35)27(26-20-30-19-25(26)23-7-5-4-6-8-23)31-16-13-29(14-17-31)15-18-32(28(29)33)21-22-9-11-24(36-2)12-10-22;/h4-12,25-27,30H,3,13-21H2,1-2H3;1H/t25-,26-,27?;/m1./s1. The number of ether oxygens (including phenoxy) is 1. The Morgan fingerprint density at radius 3 is 2.29 bits per heavy atom. The van der Waals surface area contributed by atoms with Gasteiger partial charge in [-0.15, -0.1) is 12.4 Å². The van der Waals surface area contributed by atoms with E-state index in [4.69, 9.17) is 4.74 Å². The van der Waals surface area contributed by atoms with Crippen molar-refractivity contribution in [2.75, 3.05) is 45.6 Å². The van der Waals surface area contributed by atoms with E-state index in [1.165, 1.54) is 5.56 Å². The van der Waals surface area contributed by atoms with Crippen molar-refractivity contribution >= 4 is 28.2 Å². The van der Waals surface area contributed by atoms with Crippen molar-refractivity contribution in [1.82, 2.24) is 15.1 Å². The number of carbonyl (C=O) groups is 1. The number of sulfone groups is 1. The van der Waals surface area contributed by atoms with Crippen molar-refractivity contribution in [2.24, 2.45) is 11.3 Å². The summed E-state index contributed by atoms with van der Waals surface area (Å²) in [5, 5.41) is 2.94. The third kappa shape index (κ3) is 5.60. The van der Waals surface area contributed by atoms with Gasteiger partial charge in [0.1, 0.15) is 11.1 Å². The Bertz CT molecular complexity index is 1180. The maximum absolute atomic E-state index is 13.6. The first kappa shape index (κ1) is 28.9. The smallest absolute Gasteiger partial charge is 0.229 e. The molecule has 3 aliphatic rings. The lowest BCUT2D eigenvalue weighted by atomic mass is 9.76. The number of carbonyl (C=O) groups excluding carboxylic acids is 1. The Morgan fingerprint density at radius 1 is 1.00 bits per heavy atom. The van der Waals surface area contributed by atoms with Crippen LogP contribution in [0.1, 0.15) is 43.2 Å². The Balaban J connectivity index is 0.00000336. The van der Waals surface area contributed by atoms with E-state index in [2.05, 4.69) is 22.3 Å². The predicted molar refractivity (Wildman–Crippen MR) is 152 cm³/mol. The highest BCUT2D eigenvalue weighted by molar-refractivity contribution is 7.91. The Morgan fingerprint density at radius 2 is 1.66 bits per heavy atom. The minimum atomic E-state index is -3.31. The van der Waals surface area contributed by atoms with Crippen LogP contribution in [0.15, 0.2) is 54.6 Å². The molecule has 5 rings (SSSR count). The van der Waals surface area contributed by atoms with Gasteiger partial charge in [-0.3, -0.25) is 9.69 Å². The lowest BCUT2D eigenvalue weighted by Gasteiger charge is -2.43. The molecule has 1 amide bonds. The normalized spacial score (nSPS) is 24.4. The van der Waals surface area contributed by atoms with Crippen molar-refractivity contribution in [2.45, 2.75) is 44.0 Å². The first-order valence-electron chi connectivity index (χ1n) is 13.5. The zero-order valence-corrected chi connectivity index (χ0v) is 24.0. The van der Waals surface area contributed by atoms with Crippen LogP contribution < -0.4 is 10.1 Å². The number of amides is 1. The second-order valence-corrected chi connectivity index (χ2v) is 13.2. The first-order valence-corrected chi connectivity index (χ1v) is 15.2. The minimum Gasteiger partial charge on any atom is -0.497 e. The average Bonchev–Trinajstić information content (AvgIpc) is 3.52. The third-order valence-corrected chi connectivity index (χ3v) is 11.1. The number of hydrogen-bond acceptors (Lipinski definition) is 6. The number of nitrogens with zero attached hydrogens (tertiary/aromatic N) is 2. The number of halogens is 1. The number of nitrogens with one attached hydrogen (secondary N) is 1. The number of hydrogen-bond donors (Lipinski definition) is 1. The molecule has 208 valence electrons. The summed E-state index contributed by atoms with van der Waals surface area (Å²) in [7, 11) is -1.66. The van der Waals surface area contributed by atoms with Gasteiger partial charge in [0.15, 0.2) is 9.84 Å². The summed E-state index contributed by atoms with van der Waals surface area (Å²) >= 11 is 0. The van der Waals surface area contributed by atoms with Crippen LogP contribution in [0.4, 0.5) is 0 Å². The number of methoxy groups -OCH3 is 1. The zero-order valence-electron chi connectivity index (χ0n) is 22.3. The molecular weight excluding hydrogens is 522 g/mol. The molecule has 1 spiro atoms. The highest BCUT2D eigenvalue weighted by atomic mass is 35.5. The van der Waals surface area contributed by atoms with Gasteiger partial charge in [-0.05, 0) is 42.5 Å². The summed E-state index contributed by atoms with van der Waals surface area (Å²) in [6.07, 6.45) is 2.28. The molecular formula is C29H40ClN3O4S. The van der Waals surface area contributed by atoms with E-state index >= 15 is 0 Å². The summed E-state index contributed by atoms with van der Waals surface area (Å²) in [4.78, 5) is 17.7. The van der Waals surface area contributed by atoms with Crippen LogP contribution in [0.2, 0.25) is 0 Å². The molecule has 1 unspecified atom stereocenters. The highest BCUT2D eigenvalue weighted by Gasteiger charge is 2.51. The SMILES string of the molecule is CCS(=O)(=O)C([C@@H]1CNC[C@@H]1c1ccccc1)N1CCC2(CCN(Cc3ccc(OC)cc3)C2=O)CC1.Cl. The van der Waals surface area contributed by atoms with E-state index < -0.39 is 15.2 Å². The van der Waals surface area contributed by atoms with Crippen molar-refractivity contribution < 1.29 is 17.9 Å². The Hall–Kier alpha value is -2.13. The Kier molecular flexibility index (Phi) is 9.07. The molecule has 0 radical (unpaired) electrons. The van der Waals surface area contributed by atoms with Crippen LogP contribution in [0, 0.1) is 11.3 Å². The van der Waals surface area contributed by atoms with E-state index in [1.807, 2.05) is 47.4 Å². The van der Waals surface area contributed by atoms with E-state index in [9.17, 15) is 13.2 Å². The number of likely N-dealkylation sites (tertiary alicyclic amines) is 2. The molecule has 3 saturated heterocycles. The predicted octanol–water partition coefficient (Wildman–Crippen LogP) is 3.70. The number of rotatable bonds is 8. The maximum Gasteiger partial charge on any atom is 0.229 e. The van der Waals surface area contributed by atoms with Gasteiger partial charge in [-0.1, -0.05) is 49.4 Å². The second-order valence-electron chi connectivity index (χ2n) is 10.8. The lowest BCUT2D eigenvalue weighted by Crippen LogP contribution is -2.54. The molecule has 38 heavy (non-hydrogen) atoms. The van der Waals surface area contributed by atoms with E-state index in [1.54, 1.807) is 14.0 Å². The van der Waals surface area contributed by atoms with E-state index in [0.717, 1.165) is 43.7 Å². The topological polar surface area (TPSA) is 79.0 Å². The molecule has 3 fully saturated rings. The van der Waals surface area contributed by atoms with Crippen molar-refractivity contribution in [1.29, 1.82) is 0 Å². The lowest BCUT2D eigenvalue weighted by molar-refractivity contribution is -0.139. The molecule has 0 bridgehead atoms. The van der Waals surface area contributed by atoms with Crippen LogP contribution >= 0.6 is 12.4 Å². The average molecular weight is 562 g/mol. The molecule has 2 aromatic rings. The second kappa shape index (κ2) is 11.9. The molecule has 3 atom stereocenters. The van der Waals surface area contributed by atoms with Gasteiger partial charge in [0.2, 0.25) is 5.91 Å². The van der Waals surface area contributed by atoms with Gasteiger partial charge in [0, 0.05) is 56.9 Å². The van der Waals surface area contributed by atoms with Crippen molar-refractivity contribution in [3.8, 4) is 5.75 Å². The van der Waals surface area contributed by atoms with Crippen LogP contribution in [0.5, 0.6) is 5.75 Å². The molecule has 7 nitrogen and oxygen atoms in total. The molecule has 2 aromatic carbocycles. The summed E-state index contributed by atoms with van der Waals surface area (Å²) in [6.45, 7) is 5.89. The largest absolute Gasteiger partial charge is 0.497 e. The van der Waals surface area contributed by atoms with Crippen molar-refractivity contribution in [3.05, 3.63) is 65.7 Å². The fraction of sp³-hybridized carbons (Fsp3) is 0.552. The molecule has 1 N–H and O–H groups in total. The summed E-state index contributed by atoms with van der Waals surface area (Å²) in [5.41, 5.74) is 1.93. The Labute approximate surface area is 233 Å². The van der Waals surface area contributed by atoms with Crippen LogP contribution in [-0.4, -0.2) is 75.1 Å². The van der Waals surface area contributed by atoms with Gasteiger partial charge in [0.05, 0.1) is 12.5 Å². The first-order chi connectivity index (χ1) is 17.9. The molecule has 3 aliphatic heterocycles. The van der Waals surface area contributed by atoms with Crippen LogP contribution in [0.3, 0.4) is 0 Å². The van der Waals surface area contributed by atoms with E-state index in [0.29, 0.717) is 26.2 Å². The third-order valence-electron chi connectivity index (χ3n) is 8.87. The maximum atomic E-state index is 13.6. The van der Waals surface area contributed by atoms with Gasteiger partial charge >= 0.3 is 0 Å². The van der Waals surface area contributed by atoms with Gasteiger partial charge in [-0.25, -0.2) is 8.42 Å².